The number of nitrogens with one attached hydrogen (secondary N) is 1. The van der Waals surface area contributed by atoms with E-state index in [2.05, 4.69) is 45.0 Å². The molecule has 0 fully saturated rings. The molecule has 0 amide bonds. The number of hydrogen-bond donors (Lipinski definition) is 1. The molecule has 2 aromatic heterocycles. The summed E-state index contributed by atoms with van der Waals surface area (Å²) in [6.07, 6.45) is 2.77. The maximum atomic E-state index is 4.41. The molecule has 0 aliphatic heterocycles. The van der Waals surface area contributed by atoms with Crippen molar-refractivity contribution >= 4 is 22.4 Å². The standard InChI is InChI=1S/C15H16N4S/c1-2-16-14(15-10-20-19-18-15)9-11-7-8-17-13-6-4-3-5-12(11)13/h3-8,10,14,16H,2,9H2,1H3. The van der Waals surface area contributed by atoms with E-state index in [1.165, 1.54) is 22.5 Å². The molecule has 0 aliphatic carbocycles. The molecule has 1 aromatic carbocycles. The Morgan fingerprint density at radius 1 is 1.25 bits per heavy atom. The van der Waals surface area contributed by atoms with Crippen LogP contribution >= 0.6 is 11.5 Å². The smallest absolute Gasteiger partial charge is 0.0928 e. The Hall–Kier alpha value is -1.85. The third-order valence-corrected chi connectivity index (χ3v) is 3.87. The topological polar surface area (TPSA) is 50.7 Å². The Morgan fingerprint density at radius 2 is 2.15 bits per heavy atom. The third kappa shape index (κ3) is 2.69. The van der Waals surface area contributed by atoms with Crippen LogP contribution in [0.15, 0.2) is 41.9 Å². The minimum atomic E-state index is 0.199. The number of pyridine rings is 1. The first kappa shape index (κ1) is 13.1. The lowest BCUT2D eigenvalue weighted by molar-refractivity contribution is 0.537. The highest BCUT2D eigenvalue weighted by Gasteiger charge is 2.15. The molecule has 0 bridgehead atoms. The molecule has 0 radical (unpaired) electrons. The molecule has 1 atom stereocenters. The SMILES string of the molecule is CCNC(Cc1ccnc2ccccc12)c1csnn1. The summed E-state index contributed by atoms with van der Waals surface area (Å²) in [5.74, 6) is 0. The molecule has 0 saturated heterocycles. The third-order valence-electron chi connectivity index (χ3n) is 3.35. The number of nitrogens with zero attached hydrogens (tertiary/aromatic N) is 3. The highest BCUT2D eigenvalue weighted by Crippen LogP contribution is 2.23. The van der Waals surface area contributed by atoms with E-state index in [1.807, 2.05) is 23.7 Å². The van der Waals surface area contributed by atoms with Crippen molar-refractivity contribution in [1.82, 2.24) is 19.9 Å². The van der Waals surface area contributed by atoms with Gasteiger partial charge in [0, 0.05) is 17.0 Å². The van der Waals surface area contributed by atoms with Gasteiger partial charge in [-0.25, -0.2) is 0 Å². The van der Waals surface area contributed by atoms with Gasteiger partial charge in [0.05, 0.1) is 17.3 Å². The zero-order valence-electron chi connectivity index (χ0n) is 11.3. The molecule has 102 valence electrons. The maximum absolute atomic E-state index is 4.41. The maximum Gasteiger partial charge on any atom is 0.0928 e. The Balaban J connectivity index is 1.94. The first-order valence-electron chi connectivity index (χ1n) is 6.71. The number of hydrogen-bond acceptors (Lipinski definition) is 5. The van der Waals surface area contributed by atoms with E-state index in [4.69, 9.17) is 0 Å². The van der Waals surface area contributed by atoms with E-state index < -0.39 is 0 Å². The molecule has 0 spiro atoms. The van der Waals surface area contributed by atoms with Gasteiger partial charge in [-0.3, -0.25) is 4.98 Å². The first-order chi connectivity index (χ1) is 9.88. The molecule has 5 heteroatoms. The number of para-hydroxylation sites is 1. The molecule has 1 unspecified atom stereocenters. The van der Waals surface area contributed by atoms with Crippen LogP contribution in [0.25, 0.3) is 10.9 Å². The second kappa shape index (κ2) is 6.07. The van der Waals surface area contributed by atoms with Crippen LogP contribution in [0.4, 0.5) is 0 Å². The summed E-state index contributed by atoms with van der Waals surface area (Å²) in [5.41, 5.74) is 3.34. The molecule has 0 saturated carbocycles. The fraction of sp³-hybridized carbons (Fsp3) is 0.267. The summed E-state index contributed by atoms with van der Waals surface area (Å²) < 4.78 is 3.97. The van der Waals surface area contributed by atoms with Gasteiger partial charge in [-0.1, -0.05) is 29.6 Å². The second-order valence-electron chi connectivity index (χ2n) is 4.63. The number of fused-ring (bicyclic) bond motifs is 1. The molecular weight excluding hydrogens is 268 g/mol. The summed E-state index contributed by atoms with van der Waals surface area (Å²) in [6, 6.07) is 10.5. The van der Waals surface area contributed by atoms with Crippen molar-refractivity contribution in [2.75, 3.05) is 6.54 Å². The Labute approximate surface area is 122 Å². The zero-order valence-corrected chi connectivity index (χ0v) is 12.1. The first-order valence-corrected chi connectivity index (χ1v) is 7.55. The highest BCUT2D eigenvalue weighted by molar-refractivity contribution is 7.03. The summed E-state index contributed by atoms with van der Waals surface area (Å²) in [6.45, 7) is 3.02. The molecule has 3 rings (SSSR count). The van der Waals surface area contributed by atoms with Crippen molar-refractivity contribution in [2.24, 2.45) is 0 Å². The van der Waals surface area contributed by atoms with Crippen LogP contribution in [0.5, 0.6) is 0 Å². The normalized spacial score (nSPS) is 12.7. The van der Waals surface area contributed by atoms with Gasteiger partial charge < -0.3 is 5.32 Å². The molecule has 4 nitrogen and oxygen atoms in total. The fourth-order valence-corrected chi connectivity index (χ4v) is 2.91. The minimum absolute atomic E-state index is 0.199. The van der Waals surface area contributed by atoms with Crippen LogP contribution in [-0.2, 0) is 6.42 Å². The van der Waals surface area contributed by atoms with Crippen LogP contribution in [0.3, 0.4) is 0 Å². The lowest BCUT2D eigenvalue weighted by atomic mass is 10.0. The molecule has 20 heavy (non-hydrogen) atoms. The van der Waals surface area contributed by atoms with Crippen LogP contribution in [0, 0.1) is 0 Å². The van der Waals surface area contributed by atoms with Crippen molar-refractivity contribution in [2.45, 2.75) is 19.4 Å². The number of benzene rings is 1. The van der Waals surface area contributed by atoms with Gasteiger partial charge in [0.15, 0.2) is 0 Å². The minimum Gasteiger partial charge on any atom is -0.309 e. The Morgan fingerprint density at radius 3 is 2.95 bits per heavy atom. The number of aromatic nitrogens is 3. The van der Waals surface area contributed by atoms with Crippen molar-refractivity contribution < 1.29 is 0 Å². The average Bonchev–Trinajstić information content (AvgIpc) is 3.01. The van der Waals surface area contributed by atoms with Gasteiger partial charge >= 0.3 is 0 Å². The van der Waals surface area contributed by atoms with Crippen molar-refractivity contribution in [3.8, 4) is 0 Å². The fourth-order valence-electron chi connectivity index (χ4n) is 2.40. The highest BCUT2D eigenvalue weighted by atomic mass is 32.1. The molecule has 2 heterocycles. The number of likely N-dealkylation sites (N-methyl/N-ethyl adjacent to an activating group) is 1. The summed E-state index contributed by atoms with van der Waals surface area (Å²) >= 11 is 1.39. The van der Waals surface area contributed by atoms with Gasteiger partial charge in [0.1, 0.15) is 0 Å². The van der Waals surface area contributed by atoms with E-state index in [0.717, 1.165) is 24.2 Å². The van der Waals surface area contributed by atoms with Crippen molar-refractivity contribution in [3.63, 3.8) is 0 Å². The Bertz CT molecular complexity index is 676. The van der Waals surface area contributed by atoms with Crippen molar-refractivity contribution in [1.29, 1.82) is 0 Å². The quantitative estimate of drug-likeness (QED) is 0.782. The molecule has 1 N–H and O–H groups in total. The lowest BCUT2D eigenvalue weighted by Gasteiger charge is -2.16. The second-order valence-corrected chi connectivity index (χ2v) is 5.24. The van der Waals surface area contributed by atoms with E-state index in [-0.39, 0.29) is 6.04 Å². The molecular formula is C15H16N4S. The lowest BCUT2D eigenvalue weighted by Crippen LogP contribution is -2.23. The van der Waals surface area contributed by atoms with E-state index >= 15 is 0 Å². The zero-order chi connectivity index (χ0) is 13.8. The summed E-state index contributed by atoms with van der Waals surface area (Å²) in [4.78, 5) is 4.41. The van der Waals surface area contributed by atoms with Crippen LogP contribution < -0.4 is 5.32 Å². The summed E-state index contributed by atoms with van der Waals surface area (Å²) in [5, 5.41) is 10.9. The van der Waals surface area contributed by atoms with Gasteiger partial charge in [0.25, 0.3) is 0 Å². The average molecular weight is 284 g/mol. The van der Waals surface area contributed by atoms with Gasteiger partial charge in [0.2, 0.25) is 0 Å². The molecule has 0 aliphatic rings. The van der Waals surface area contributed by atoms with Gasteiger partial charge in [-0.15, -0.1) is 5.10 Å². The van der Waals surface area contributed by atoms with Crippen LogP contribution in [0.2, 0.25) is 0 Å². The van der Waals surface area contributed by atoms with Crippen LogP contribution in [0.1, 0.15) is 24.2 Å². The van der Waals surface area contributed by atoms with E-state index in [9.17, 15) is 0 Å². The monoisotopic (exact) mass is 284 g/mol. The predicted molar refractivity (Wildman–Crippen MR) is 81.8 cm³/mol. The van der Waals surface area contributed by atoms with Crippen LogP contribution in [-0.4, -0.2) is 21.1 Å². The number of rotatable bonds is 5. The molecule has 3 aromatic rings. The van der Waals surface area contributed by atoms with Crippen molar-refractivity contribution in [3.05, 3.63) is 53.2 Å². The predicted octanol–water partition coefficient (Wildman–Crippen LogP) is 2.98. The van der Waals surface area contributed by atoms with E-state index in [1.54, 1.807) is 0 Å². The van der Waals surface area contributed by atoms with Gasteiger partial charge in [-0.05, 0) is 42.2 Å². The largest absolute Gasteiger partial charge is 0.309 e. The summed E-state index contributed by atoms with van der Waals surface area (Å²) in [7, 11) is 0. The van der Waals surface area contributed by atoms with E-state index in [0.29, 0.717) is 0 Å². The van der Waals surface area contributed by atoms with Gasteiger partial charge in [-0.2, -0.15) is 0 Å². The Kier molecular flexibility index (Phi) is 3.99.